The molecule has 0 radical (unpaired) electrons. The van der Waals surface area contributed by atoms with Crippen LogP contribution >= 0.6 is 0 Å². The highest BCUT2D eigenvalue weighted by Gasteiger charge is 2.22. The maximum absolute atomic E-state index is 5.82. The molecule has 3 heteroatoms. The molecule has 0 heterocycles. The van der Waals surface area contributed by atoms with Crippen LogP contribution in [0.3, 0.4) is 0 Å². The Bertz CT molecular complexity index is 213. The second-order valence-corrected chi connectivity index (χ2v) is 4.85. The van der Waals surface area contributed by atoms with Gasteiger partial charge in [-0.1, -0.05) is 6.92 Å². The maximum atomic E-state index is 5.82. The molecule has 2 fully saturated rings. The van der Waals surface area contributed by atoms with E-state index in [0.29, 0.717) is 18.0 Å². The van der Waals surface area contributed by atoms with Gasteiger partial charge in [-0.05, 0) is 44.4 Å². The number of aliphatic imine (C=N–C) groups is 1. The smallest absolute Gasteiger partial charge is 0.189 e. The van der Waals surface area contributed by atoms with Crippen molar-refractivity contribution in [2.24, 2.45) is 16.6 Å². The summed E-state index contributed by atoms with van der Waals surface area (Å²) in [6, 6.07) is 1.11. The summed E-state index contributed by atoms with van der Waals surface area (Å²) in [5, 5.41) is 3.24. The van der Waals surface area contributed by atoms with Crippen molar-refractivity contribution in [3.8, 4) is 0 Å². The van der Waals surface area contributed by atoms with Crippen molar-refractivity contribution in [3.05, 3.63) is 0 Å². The van der Waals surface area contributed by atoms with E-state index in [-0.39, 0.29) is 0 Å². The van der Waals surface area contributed by atoms with Crippen molar-refractivity contribution in [1.29, 1.82) is 0 Å². The Hall–Kier alpha value is -0.730. The Morgan fingerprint density at radius 3 is 2.36 bits per heavy atom. The number of hydrogen-bond donors (Lipinski definition) is 2. The first-order valence-corrected chi connectivity index (χ1v) is 5.84. The highest BCUT2D eigenvalue weighted by molar-refractivity contribution is 5.78. The number of guanidine groups is 1. The third-order valence-electron chi connectivity index (χ3n) is 3.24. The SMILES string of the molecule is CC1CCC(N=C(N)NC2CC2)CC1. The van der Waals surface area contributed by atoms with E-state index >= 15 is 0 Å². The lowest BCUT2D eigenvalue weighted by Gasteiger charge is -2.23. The second kappa shape index (κ2) is 4.20. The molecule has 80 valence electrons. The van der Waals surface area contributed by atoms with Crippen LogP contribution < -0.4 is 11.1 Å². The van der Waals surface area contributed by atoms with Gasteiger partial charge in [0.1, 0.15) is 0 Å². The number of nitrogens with one attached hydrogen (secondary N) is 1. The topological polar surface area (TPSA) is 50.4 Å². The zero-order valence-corrected chi connectivity index (χ0v) is 9.00. The van der Waals surface area contributed by atoms with Crippen molar-refractivity contribution >= 4 is 5.96 Å². The van der Waals surface area contributed by atoms with Crippen LogP contribution in [0.5, 0.6) is 0 Å². The van der Waals surface area contributed by atoms with E-state index in [9.17, 15) is 0 Å². The average Bonchev–Trinajstić information content (AvgIpc) is 2.93. The van der Waals surface area contributed by atoms with E-state index in [1.807, 2.05) is 0 Å². The van der Waals surface area contributed by atoms with Crippen LogP contribution in [-0.2, 0) is 0 Å². The summed E-state index contributed by atoms with van der Waals surface area (Å²) >= 11 is 0. The Morgan fingerprint density at radius 1 is 1.14 bits per heavy atom. The van der Waals surface area contributed by atoms with Gasteiger partial charge in [0, 0.05) is 6.04 Å². The number of rotatable bonds is 2. The molecule has 0 unspecified atom stereocenters. The fourth-order valence-electron chi connectivity index (χ4n) is 2.04. The molecule has 2 rings (SSSR count). The van der Waals surface area contributed by atoms with E-state index in [0.717, 1.165) is 5.92 Å². The highest BCUT2D eigenvalue weighted by Crippen LogP contribution is 2.25. The van der Waals surface area contributed by atoms with E-state index in [1.165, 1.54) is 38.5 Å². The predicted molar refractivity (Wildman–Crippen MR) is 59.2 cm³/mol. The van der Waals surface area contributed by atoms with E-state index in [1.54, 1.807) is 0 Å². The van der Waals surface area contributed by atoms with Crippen LogP contribution in [0.2, 0.25) is 0 Å². The average molecular weight is 195 g/mol. The zero-order chi connectivity index (χ0) is 9.97. The molecule has 3 nitrogen and oxygen atoms in total. The molecular weight excluding hydrogens is 174 g/mol. The van der Waals surface area contributed by atoms with Crippen LogP contribution in [0.25, 0.3) is 0 Å². The summed E-state index contributed by atoms with van der Waals surface area (Å²) in [7, 11) is 0. The molecule has 14 heavy (non-hydrogen) atoms. The fraction of sp³-hybridized carbons (Fsp3) is 0.909. The number of hydrogen-bond acceptors (Lipinski definition) is 1. The van der Waals surface area contributed by atoms with Crippen LogP contribution in [0.15, 0.2) is 4.99 Å². The molecule has 0 aliphatic heterocycles. The van der Waals surface area contributed by atoms with Crippen LogP contribution in [0, 0.1) is 5.92 Å². The van der Waals surface area contributed by atoms with E-state index in [4.69, 9.17) is 5.73 Å². The quantitative estimate of drug-likeness (QED) is 0.520. The van der Waals surface area contributed by atoms with Crippen molar-refractivity contribution in [1.82, 2.24) is 5.32 Å². The largest absolute Gasteiger partial charge is 0.370 e. The second-order valence-electron chi connectivity index (χ2n) is 4.85. The lowest BCUT2D eigenvalue weighted by molar-refractivity contribution is 0.348. The Morgan fingerprint density at radius 2 is 1.79 bits per heavy atom. The minimum absolute atomic E-state index is 0.484. The molecule has 0 aromatic rings. The summed E-state index contributed by atoms with van der Waals surface area (Å²) in [4.78, 5) is 4.53. The van der Waals surface area contributed by atoms with Crippen molar-refractivity contribution in [3.63, 3.8) is 0 Å². The van der Waals surface area contributed by atoms with Gasteiger partial charge in [-0.25, -0.2) is 0 Å². The molecule has 0 atom stereocenters. The van der Waals surface area contributed by atoms with Crippen LogP contribution in [-0.4, -0.2) is 18.0 Å². The molecule has 0 saturated heterocycles. The molecule has 0 aromatic carbocycles. The van der Waals surface area contributed by atoms with E-state index in [2.05, 4.69) is 17.2 Å². The van der Waals surface area contributed by atoms with Gasteiger partial charge in [-0.3, -0.25) is 4.99 Å². The first-order chi connectivity index (χ1) is 6.74. The van der Waals surface area contributed by atoms with Crippen molar-refractivity contribution < 1.29 is 0 Å². The van der Waals surface area contributed by atoms with Gasteiger partial charge in [-0.15, -0.1) is 0 Å². The standard InChI is InChI=1S/C11H21N3/c1-8-2-4-9(5-3-8)13-11(12)14-10-6-7-10/h8-10H,2-7H2,1H3,(H3,12,13,14). The van der Waals surface area contributed by atoms with Gasteiger partial charge < -0.3 is 11.1 Å². The summed E-state index contributed by atoms with van der Waals surface area (Å²) < 4.78 is 0. The molecule has 2 saturated carbocycles. The number of nitrogens with two attached hydrogens (primary N) is 1. The van der Waals surface area contributed by atoms with Gasteiger partial charge in [0.2, 0.25) is 0 Å². The van der Waals surface area contributed by atoms with Gasteiger partial charge >= 0.3 is 0 Å². The van der Waals surface area contributed by atoms with Gasteiger partial charge in [0.05, 0.1) is 6.04 Å². The lowest BCUT2D eigenvalue weighted by atomic mass is 9.88. The highest BCUT2D eigenvalue weighted by atomic mass is 15.1. The molecular formula is C11H21N3. The number of nitrogens with zero attached hydrogens (tertiary/aromatic N) is 1. The first-order valence-electron chi connectivity index (χ1n) is 5.84. The monoisotopic (exact) mass is 195 g/mol. The summed E-state index contributed by atoms with van der Waals surface area (Å²) in [6.07, 6.45) is 7.58. The normalized spacial score (nSPS) is 34.2. The maximum Gasteiger partial charge on any atom is 0.189 e. The fourth-order valence-corrected chi connectivity index (χ4v) is 2.04. The van der Waals surface area contributed by atoms with Gasteiger partial charge in [-0.2, -0.15) is 0 Å². The molecule has 0 aromatic heterocycles. The third-order valence-corrected chi connectivity index (χ3v) is 3.24. The lowest BCUT2D eigenvalue weighted by Crippen LogP contribution is -2.35. The molecule has 0 amide bonds. The summed E-state index contributed by atoms with van der Waals surface area (Å²) in [6.45, 7) is 2.33. The van der Waals surface area contributed by atoms with Crippen LogP contribution in [0.1, 0.15) is 45.4 Å². The molecule has 0 bridgehead atoms. The Kier molecular flexibility index (Phi) is 2.94. The molecule has 0 spiro atoms. The van der Waals surface area contributed by atoms with E-state index < -0.39 is 0 Å². The zero-order valence-electron chi connectivity index (χ0n) is 9.00. The molecule has 2 aliphatic carbocycles. The molecule has 2 aliphatic rings. The summed E-state index contributed by atoms with van der Waals surface area (Å²) in [5.41, 5.74) is 5.82. The van der Waals surface area contributed by atoms with Crippen molar-refractivity contribution in [2.45, 2.75) is 57.5 Å². The van der Waals surface area contributed by atoms with Gasteiger partial charge in [0.15, 0.2) is 5.96 Å². The van der Waals surface area contributed by atoms with Crippen LogP contribution in [0.4, 0.5) is 0 Å². The first kappa shape index (κ1) is 9.81. The molecule has 3 N–H and O–H groups in total. The predicted octanol–water partition coefficient (Wildman–Crippen LogP) is 1.63. The minimum Gasteiger partial charge on any atom is -0.370 e. The minimum atomic E-state index is 0.484. The van der Waals surface area contributed by atoms with Crippen molar-refractivity contribution in [2.75, 3.05) is 0 Å². The van der Waals surface area contributed by atoms with Gasteiger partial charge in [0.25, 0.3) is 0 Å². The third kappa shape index (κ3) is 2.89. The Labute approximate surface area is 86.2 Å². The Balaban J connectivity index is 1.76. The summed E-state index contributed by atoms with van der Waals surface area (Å²) in [5.74, 6) is 1.56.